The Balaban J connectivity index is 3.15. The molecule has 5 heteroatoms. The molecule has 0 unspecified atom stereocenters. The van der Waals surface area contributed by atoms with Crippen LogP contribution in [0.25, 0.3) is 0 Å². The average Bonchev–Trinajstić information content (AvgIpc) is 2.22. The SMILES string of the molecule is COC(=O)Nc1nc(C)c(O)c(C)c1C. The van der Waals surface area contributed by atoms with Crippen LogP contribution in [0.4, 0.5) is 10.6 Å². The molecule has 0 aliphatic carbocycles. The zero-order valence-corrected chi connectivity index (χ0v) is 9.21. The molecule has 0 saturated heterocycles. The van der Waals surface area contributed by atoms with Crippen molar-refractivity contribution < 1.29 is 14.6 Å². The number of nitrogens with one attached hydrogen (secondary N) is 1. The molecule has 0 atom stereocenters. The van der Waals surface area contributed by atoms with E-state index in [1.165, 1.54) is 7.11 Å². The number of anilines is 1. The molecule has 1 heterocycles. The maximum Gasteiger partial charge on any atom is 0.412 e. The van der Waals surface area contributed by atoms with Crippen LogP contribution in [-0.4, -0.2) is 23.3 Å². The van der Waals surface area contributed by atoms with E-state index < -0.39 is 6.09 Å². The summed E-state index contributed by atoms with van der Waals surface area (Å²) in [6.45, 7) is 5.21. The predicted octanol–water partition coefficient (Wildman–Crippen LogP) is 1.89. The second kappa shape index (κ2) is 4.16. The smallest absolute Gasteiger partial charge is 0.412 e. The van der Waals surface area contributed by atoms with Crippen molar-refractivity contribution in [1.82, 2.24) is 4.98 Å². The summed E-state index contributed by atoms with van der Waals surface area (Å²) in [5.41, 5.74) is 1.90. The fourth-order valence-corrected chi connectivity index (χ4v) is 1.20. The molecule has 0 spiro atoms. The van der Waals surface area contributed by atoms with E-state index in [2.05, 4.69) is 15.0 Å². The first kappa shape index (κ1) is 11.3. The number of aryl methyl sites for hydroxylation is 1. The van der Waals surface area contributed by atoms with E-state index in [9.17, 15) is 9.90 Å². The van der Waals surface area contributed by atoms with Crippen LogP contribution in [0.2, 0.25) is 0 Å². The van der Waals surface area contributed by atoms with E-state index in [1.807, 2.05) is 0 Å². The number of carbonyl (C=O) groups is 1. The fourth-order valence-electron chi connectivity index (χ4n) is 1.20. The maximum atomic E-state index is 11.0. The summed E-state index contributed by atoms with van der Waals surface area (Å²) in [6.07, 6.45) is -0.574. The van der Waals surface area contributed by atoms with Crippen LogP contribution in [0, 0.1) is 20.8 Å². The number of nitrogens with zero attached hydrogens (tertiary/aromatic N) is 1. The molecule has 1 aromatic heterocycles. The molecule has 1 amide bonds. The lowest BCUT2D eigenvalue weighted by Gasteiger charge is -2.11. The molecule has 0 aromatic carbocycles. The highest BCUT2D eigenvalue weighted by molar-refractivity contribution is 5.84. The van der Waals surface area contributed by atoms with E-state index >= 15 is 0 Å². The van der Waals surface area contributed by atoms with E-state index in [0.29, 0.717) is 17.1 Å². The third kappa shape index (κ3) is 2.18. The van der Waals surface area contributed by atoms with Gasteiger partial charge in [0.1, 0.15) is 11.6 Å². The Hall–Kier alpha value is -1.78. The topological polar surface area (TPSA) is 71.5 Å². The molecule has 5 nitrogen and oxygen atoms in total. The molecule has 82 valence electrons. The van der Waals surface area contributed by atoms with Gasteiger partial charge in [0.2, 0.25) is 0 Å². The van der Waals surface area contributed by atoms with Gasteiger partial charge in [0, 0.05) is 0 Å². The molecule has 0 fully saturated rings. The van der Waals surface area contributed by atoms with Gasteiger partial charge in [0.15, 0.2) is 0 Å². The van der Waals surface area contributed by atoms with E-state index in [0.717, 1.165) is 5.56 Å². The lowest BCUT2D eigenvalue weighted by Crippen LogP contribution is -2.14. The zero-order valence-electron chi connectivity index (χ0n) is 9.21. The van der Waals surface area contributed by atoms with Crippen LogP contribution >= 0.6 is 0 Å². The number of hydrogen-bond acceptors (Lipinski definition) is 4. The van der Waals surface area contributed by atoms with Gasteiger partial charge in [-0.1, -0.05) is 0 Å². The molecule has 0 radical (unpaired) electrons. The largest absolute Gasteiger partial charge is 0.506 e. The van der Waals surface area contributed by atoms with Crippen molar-refractivity contribution in [3.8, 4) is 5.75 Å². The highest BCUT2D eigenvalue weighted by Gasteiger charge is 2.12. The van der Waals surface area contributed by atoms with Gasteiger partial charge < -0.3 is 9.84 Å². The molecule has 0 bridgehead atoms. The van der Waals surface area contributed by atoms with Crippen molar-refractivity contribution in [2.75, 3.05) is 12.4 Å². The molecular weight excluding hydrogens is 196 g/mol. The first-order chi connectivity index (χ1) is 6.97. The van der Waals surface area contributed by atoms with Crippen LogP contribution in [-0.2, 0) is 4.74 Å². The minimum atomic E-state index is -0.574. The Morgan fingerprint density at radius 1 is 1.33 bits per heavy atom. The number of rotatable bonds is 1. The zero-order chi connectivity index (χ0) is 11.6. The van der Waals surface area contributed by atoms with Crippen molar-refractivity contribution in [1.29, 1.82) is 0 Å². The number of carbonyl (C=O) groups excluding carboxylic acids is 1. The Labute approximate surface area is 88.1 Å². The van der Waals surface area contributed by atoms with Gasteiger partial charge in [-0.25, -0.2) is 9.78 Å². The van der Waals surface area contributed by atoms with Gasteiger partial charge >= 0.3 is 6.09 Å². The van der Waals surface area contributed by atoms with Crippen LogP contribution in [0.3, 0.4) is 0 Å². The van der Waals surface area contributed by atoms with Gasteiger partial charge in [0.25, 0.3) is 0 Å². The third-order valence-corrected chi connectivity index (χ3v) is 2.30. The molecular formula is C10H14N2O3. The number of ether oxygens (including phenoxy) is 1. The Kier molecular flexibility index (Phi) is 3.14. The van der Waals surface area contributed by atoms with Crippen molar-refractivity contribution in [3.63, 3.8) is 0 Å². The first-order valence-corrected chi connectivity index (χ1v) is 4.49. The Morgan fingerprint density at radius 2 is 1.93 bits per heavy atom. The number of amides is 1. The lowest BCUT2D eigenvalue weighted by atomic mass is 10.1. The van der Waals surface area contributed by atoms with Crippen LogP contribution in [0.1, 0.15) is 16.8 Å². The van der Waals surface area contributed by atoms with Crippen LogP contribution < -0.4 is 5.32 Å². The number of aromatic nitrogens is 1. The van der Waals surface area contributed by atoms with Gasteiger partial charge in [0.05, 0.1) is 12.8 Å². The molecule has 2 N–H and O–H groups in total. The summed E-state index contributed by atoms with van der Waals surface area (Å²) in [6, 6.07) is 0. The van der Waals surface area contributed by atoms with Crippen molar-refractivity contribution in [2.45, 2.75) is 20.8 Å². The van der Waals surface area contributed by atoms with Gasteiger partial charge in [-0.15, -0.1) is 0 Å². The second-order valence-corrected chi connectivity index (χ2v) is 3.26. The van der Waals surface area contributed by atoms with E-state index in [4.69, 9.17) is 0 Å². The summed E-state index contributed by atoms with van der Waals surface area (Å²) in [5, 5.41) is 12.1. The maximum absolute atomic E-state index is 11.0. The fraction of sp³-hybridized carbons (Fsp3) is 0.400. The summed E-state index contributed by atoms with van der Waals surface area (Å²) < 4.78 is 4.47. The van der Waals surface area contributed by atoms with Gasteiger partial charge in [-0.3, -0.25) is 5.32 Å². The van der Waals surface area contributed by atoms with Crippen LogP contribution in [0.5, 0.6) is 5.75 Å². The predicted molar refractivity (Wildman–Crippen MR) is 56.1 cm³/mol. The highest BCUT2D eigenvalue weighted by Crippen LogP contribution is 2.27. The minimum absolute atomic E-state index is 0.155. The number of aromatic hydroxyl groups is 1. The van der Waals surface area contributed by atoms with Gasteiger partial charge in [-0.2, -0.15) is 0 Å². The molecule has 0 saturated carbocycles. The molecule has 0 aliphatic rings. The van der Waals surface area contributed by atoms with Crippen LogP contribution in [0.15, 0.2) is 0 Å². The summed E-state index contributed by atoms with van der Waals surface area (Å²) >= 11 is 0. The molecule has 1 rings (SSSR count). The number of pyridine rings is 1. The molecule has 1 aromatic rings. The van der Waals surface area contributed by atoms with Crippen molar-refractivity contribution >= 4 is 11.9 Å². The van der Waals surface area contributed by atoms with Gasteiger partial charge in [-0.05, 0) is 31.9 Å². The number of hydrogen-bond donors (Lipinski definition) is 2. The summed E-state index contributed by atoms with van der Waals surface area (Å²) in [7, 11) is 1.28. The summed E-state index contributed by atoms with van der Waals surface area (Å²) in [4.78, 5) is 15.1. The van der Waals surface area contributed by atoms with Crippen molar-refractivity contribution in [2.24, 2.45) is 0 Å². The number of methoxy groups -OCH3 is 1. The highest BCUT2D eigenvalue weighted by atomic mass is 16.5. The van der Waals surface area contributed by atoms with E-state index in [1.54, 1.807) is 20.8 Å². The Morgan fingerprint density at radius 3 is 2.47 bits per heavy atom. The quantitative estimate of drug-likeness (QED) is 0.742. The molecule has 0 aliphatic heterocycles. The minimum Gasteiger partial charge on any atom is -0.506 e. The average molecular weight is 210 g/mol. The standard InChI is InChI=1S/C10H14N2O3/c1-5-6(2)9(12-10(14)15-4)11-7(3)8(5)13/h13H,1-4H3,(H,11,12,14). The van der Waals surface area contributed by atoms with Crippen molar-refractivity contribution in [3.05, 3.63) is 16.8 Å². The van der Waals surface area contributed by atoms with E-state index in [-0.39, 0.29) is 5.75 Å². The molecule has 15 heavy (non-hydrogen) atoms. The third-order valence-electron chi connectivity index (χ3n) is 2.30. The summed E-state index contributed by atoms with van der Waals surface area (Å²) in [5.74, 6) is 0.567. The normalized spacial score (nSPS) is 9.87. The second-order valence-electron chi connectivity index (χ2n) is 3.26. The lowest BCUT2D eigenvalue weighted by molar-refractivity contribution is 0.187. The Bertz CT molecular complexity index is 402. The first-order valence-electron chi connectivity index (χ1n) is 4.49. The monoisotopic (exact) mass is 210 g/mol.